The summed E-state index contributed by atoms with van der Waals surface area (Å²) in [5.41, 5.74) is 9.56. The van der Waals surface area contributed by atoms with Crippen LogP contribution in [0.1, 0.15) is 59.6 Å². The molecule has 4 rings (SSSR count). The summed E-state index contributed by atoms with van der Waals surface area (Å²) in [5, 5.41) is 0. The molecule has 0 bridgehead atoms. The second kappa shape index (κ2) is 6.78. The van der Waals surface area contributed by atoms with Gasteiger partial charge in [-0.3, -0.25) is 0 Å². The van der Waals surface area contributed by atoms with Crippen molar-refractivity contribution in [2.24, 2.45) is 5.92 Å². The third kappa shape index (κ3) is 3.56. The molecule has 2 aromatic rings. The molecular formula is C24H27F. The molecule has 0 nitrogen and oxygen atoms in total. The summed E-state index contributed by atoms with van der Waals surface area (Å²) in [6, 6.07) is 13.0. The summed E-state index contributed by atoms with van der Waals surface area (Å²) in [6.45, 7) is 6.58. The fraction of sp³-hybridized carbons (Fsp3) is 0.417. The van der Waals surface area contributed by atoms with E-state index in [2.05, 4.69) is 49.9 Å². The second-order valence-electron chi connectivity index (χ2n) is 7.97. The van der Waals surface area contributed by atoms with E-state index in [1.807, 2.05) is 0 Å². The van der Waals surface area contributed by atoms with Crippen LogP contribution in [0, 0.1) is 5.92 Å². The normalized spacial score (nSPS) is 19.3. The molecule has 0 heterocycles. The number of benzene rings is 2. The van der Waals surface area contributed by atoms with Crippen molar-refractivity contribution in [1.29, 1.82) is 0 Å². The summed E-state index contributed by atoms with van der Waals surface area (Å²) in [4.78, 5) is 0. The fourth-order valence-electron chi connectivity index (χ4n) is 4.47. The third-order valence-electron chi connectivity index (χ3n) is 5.82. The van der Waals surface area contributed by atoms with Gasteiger partial charge < -0.3 is 0 Å². The molecule has 0 aromatic heterocycles. The summed E-state index contributed by atoms with van der Waals surface area (Å²) >= 11 is 0. The molecule has 2 atom stereocenters. The Morgan fingerprint density at radius 2 is 1.68 bits per heavy atom. The van der Waals surface area contributed by atoms with Crippen LogP contribution in [0.5, 0.6) is 0 Å². The molecule has 2 aromatic carbocycles. The molecule has 0 amide bonds. The van der Waals surface area contributed by atoms with Gasteiger partial charge in [0, 0.05) is 0 Å². The lowest BCUT2D eigenvalue weighted by molar-refractivity contribution is 0.296. The van der Waals surface area contributed by atoms with Crippen LogP contribution in [0.4, 0.5) is 4.39 Å². The topological polar surface area (TPSA) is 0 Å². The van der Waals surface area contributed by atoms with Gasteiger partial charge in [-0.25, -0.2) is 4.39 Å². The van der Waals surface area contributed by atoms with Crippen molar-refractivity contribution < 1.29 is 4.39 Å². The minimum Gasteiger partial charge on any atom is -0.247 e. The second-order valence-corrected chi connectivity index (χ2v) is 7.97. The van der Waals surface area contributed by atoms with E-state index in [1.54, 1.807) is 0 Å². The van der Waals surface area contributed by atoms with E-state index in [4.69, 9.17) is 0 Å². The van der Waals surface area contributed by atoms with Crippen LogP contribution in [0.25, 0.3) is 5.57 Å². The largest absolute Gasteiger partial charge is 0.247 e. The first kappa shape index (κ1) is 16.6. The fourth-order valence-corrected chi connectivity index (χ4v) is 4.47. The zero-order chi connectivity index (χ0) is 17.4. The summed E-state index contributed by atoms with van der Waals surface area (Å²) in [6.07, 6.45) is 5.56. The van der Waals surface area contributed by atoms with Gasteiger partial charge in [-0.2, -0.15) is 0 Å². The third-order valence-corrected chi connectivity index (χ3v) is 5.82. The maximum absolute atomic E-state index is 14.5. The number of alkyl halides is 1. The number of halogens is 1. The standard InChI is InChI=1S/C24H27F/c1-16-13-17(2)24-19(6-4-8-21(24)14-16)10-12-22(25)11-9-18-5-3-7-20-15-23(18)20/h3-8,16,22H,2,9-15H2,1H3. The Kier molecular flexibility index (Phi) is 4.50. The zero-order valence-electron chi connectivity index (χ0n) is 15.2. The highest BCUT2D eigenvalue weighted by Crippen LogP contribution is 2.36. The van der Waals surface area contributed by atoms with E-state index in [9.17, 15) is 4.39 Å². The lowest BCUT2D eigenvalue weighted by Gasteiger charge is -2.26. The van der Waals surface area contributed by atoms with E-state index >= 15 is 0 Å². The quantitative estimate of drug-likeness (QED) is 0.512. The van der Waals surface area contributed by atoms with Crippen LogP contribution in [0.2, 0.25) is 0 Å². The first-order valence-electron chi connectivity index (χ1n) is 9.64. The van der Waals surface area contributed by atoms with Crippen molar-refractivity contribution >= 4 is 5.57 Å². The SMILES string of the molecule is C=C1CC(C)Cc2cccc(CCC(F)CCc3cccc4c3C4)c21. The van der Waals surface area contributed by atoms with E-state index in [0.29, 0.717) is 18.8 Å². The maximum Gasteiger partial charge on any atom is 0.101 e. The van der Waals surface area contributed by atoms with Gasteiger partial charge >= 0.3 is 0 Å². The molecule has 0 saturated carbocycles. The maximum atomic E-state index is 14.5. The molecule has 0 spiro atoms. The van der Waals surface area contributed by atoms with Gasteiger partial charge in [0.2, 0.25) is 0 Å². The molecule has 0 N–H and O–H groups in total. The Hall–Kier alpha value is -1.89. The van der Waals surface area contributed by atoms with Crippen molar-refractivity contribution in [2.75, 3.05) is 0 Å². The van der Waals surface area contributed by atoms with Gasteiger partial charge in [0.1, 0.15) is 6.17 Å². The van der Waals surface area contributed by atoms with Crippen LogP contribution in [-0.4, -0.2) is 6.17 Å². The Morgan fingerprint density at radius 1 is 1.00 bits per heavy atom. The van der Waals surface area contributed by atoms with Crippen LogP contribution >= 0.6 is 0 Å². The van der Waals surface area contributed by atoms with Gasteiger partial charge in [-0.05, 0) is 89.8 Å². The van der Waals surface area contributed by atoms with E-state index in [1.165, 1.54) is 39.0 Å². The van der Waals surface area contributed by atoms with Crippen molar-refractivity contribution in [3.8, 4) is 0 Å². The van der Waals surface area contributed by atoms with Crippen LogP contribution in [-0.2, 0) is 25.7 Å². The zero-order valence-corrected chi connectivity index (χ0v) is 15.2. The molecule has 2 aliphatic rings. The van der Waals surface area contributed by atoms with Crippen molar-refractivity contribution in [3.05, 3.63) is 76.4 Å². The van der Waals surface area contributed by atoms with Gasteiger partial charge in [-0.1, -0.05) is 49.9 Å². The first-order chi connectivity index (χ1) is 12.1. The number of aryl methyl sites for hydroxylation is 2. The highest BCUT2D eigenvalue weighted by molar-refractivity contribution is 5.71. The number of rotatable bonds is 6. The predicted octanol–water partition coefficient (Wildman–Crippen LogP) is 6.09. The van der Waals surface area contributed by atoms with E-state index in [-0.39, 0.29) is 0 Å². The number of hydrogen-bond acceptors (Lipinski definition) is 0. The van der Waals surface area contributed by atoms with E-state index < -0.39 is 6.17 Å². The van der Waals surface area contributed by atoms with E-state index in [0.717, 1.165) is 32.1 Å². The van der Waals surface area contributed by atoms with Crippen molar-refractivity contribution in [3.63, 3.8) is 0 Å². The molecule has 0 saturated heterocycles. The highest BCUT2D eigenvalue weighted by atomic mass is 19.1. The smallest absolute Gasteiger partial charge is 0.101 e. The number of hydrogen-bond donors (Lipinski definition) is 0. The average Bonchev–Trinajstić information content (AvgIpc) is 3.37. The number of allylic oxidation sites excluding steroid dienone is 1. The molecule has 25 heavy (non-hydrogen) atoms. The predicted molar refractivity (Wildman–Crippen MR) is 104 cm³/mol. The molecule has 0 fully saturated rings. The highest BCUT2D eigenvalue weighted by Gasteiger charge is 2.22. The van der Waals surface area contributed by atoms with Crippen molar-refractivity contribution in [2.45, 2.75) is 58.0 Å². The molecule has 2 unspecified atom stereocenters. The molecule has 130 valence electrons. The van der Waals surface area contributed by atoms with Gasteiger partial charge in [-0.15, -0.1) is 0 Å². The number of fused-ring (bicyclic) bond motifs is 2. The van der Waals surface area contributed by atoms with Gasteiger partial charge in [0.25, 0.3) is 0 Å². The van der Waals surface area contributed by atoms with Crippen LogP contribution in [0.15, 0.2) is 43.0 Å². The minimum absolute atomic E-state index is 0.619. The summed E-state index contributed by atoms with van der Waals surface area (Å²) in [7, 11) is 0. The lowest BCUT2D eigenvalue weighted by atomic mass is 9.79. The summed E-state index contributed by atoms with van der Waals surface area (Å²) < 4.78 is 14.5. The lowest BCUT2D eigenvalue weighted by Crippen LogP contribution is -2.13. The molecule has 0 aliphatic heterocycles. The van der Waals surface area contributed by atoms with Crippen LogP contribution < -0.4 is 0 Å². The Balaban J connectivity index is 1.36. The van der Waals surface area contributed by atoms with Crippen molar-refractivity contribution in [1.82, 2.24) is 0 Å². The molecular weight excluding hydrogens is 307 g/mol. The molecule has 2 aliphatic carbocycles. The Labute approximate surface area is 150 Å². The van der Waals surface area contributed by atoms with Gasteiger partial charge in [0.15, 0.2) is 0 Å². The molecule has 1 heteroatoms. The minimum atomic E-state index is -0.721. The Morgan fingerprint density at radius 3 is 2.48 bits per heavy atom. The first-order valence-corrected chi connectivity index (χ1v) is 9.64. The average molecular weight is 334 g/mol. The monoisotopic (exact) mass is 334 g/mol. The van der Waals surface area contributed by atoms with Crippen LogP contribution in [0.3, 0.4) is 0 Å². The summed E-state index contributed by atoms with van der Waals surface area (Å²) in [5.74, 6) is 0.670. The Bertz CT molecular complexity index is 802. The molecule has 0 radical (unpaired) electrons. The van der Waals surface area contributed by atoms with Gasteiger partial charge in [0.05, 0.1) is 0 Å².